The van der Waals surface area contributed by atoms with Crippen molar-refractivity contribution in [3.05, 3.63) is 52.8 Å². The fourth-order valence-corrected chi connectivity index (χ4v) is 3.48. The second-order valence-corrected chi connectivity index (χ2v) is 8.26. The Morgan fingerprint density at radius 2 is 1.90 bits per heavy atom. The van der Waals surface area contributed by atoms with Gasteiger partial charge in [0.15, 0.2) is 5.69 Å². The van der Waals surface area contributed by atoms with Gasteiger partial charge in [0.25, 0.3) is 0 Å². The summed E-state index contributed by atoms with van der Waals surface area (Å²) in [5.41, 5.74) is 2.56. The smallest absolute Gasteiger partial charge is 0.410 e. The van der Waals surface area contributed by atoms with Crippen molar-refractivity contribution in [1.29, 1.82) is 0 Å². The van der Waals surface area contributed by atoms with Crippen molar-refractivity contribution in [3.8, 4) is 0 Å². The molecule has 0 saturated heterocycles. The molecule has 8 heteroatoms. The summed E-state index contributed by atoms with van der Waals surface area (Å²) in [6.07, 6.45) is 1.49. The Kier molecular flexibility index (Phi) is 6.80. The van der Waals surface area contributed by atoms with E-state index in [1.54, 1.807) is 16.5 Å². The number of aliphatic hydroxyl groups excluding tert-OH is 1. The number of ether oxygens (including phenoxy) is 2. The van der Waals surface area contributed by atoms with Crippen molar-refractivity contribution >= 4 is 23.7 Å². The van der Waals surface area contributed by atoms with Crippen LogP contribution in [0.1, 0.15) is 55.0 Å². The van der Waals surface area contributed by atoms with Gasteiger partial charge in [-0.3, -0.25) is 9.58 Å². The Balaban J connectivity index is 2.12. The number of carbonyl (C=O) groups excluding carboxylic acids is 2. The van der Waals surface area contributed by atoms with Crippen LogP contribution in [0.2, 0.25) is 0 Å². The minimum absolute atomic E-state index is 0.134. The molecule has 1 aliphatic heterocycles. The molecule has 3 rings (SSSR count). The quantitative estimate of drug-likeness (QED) is 0.736. The number of carbonyl (C=O) groups is 2. The van der Waals surface area contributed by atoms with Gasteiger partial charge in [0, 0.05) is 5.56 Å². The lowest BCUT2D eigenvalue weighted by molar-refractivity contribution is 0.0251. The zero-order valence-corrected chi connectivity index (χ0v) is 18.4. The average molecular weight is 428 g/mol. The highest BCUT2D eigenvalue weighted by Gasteiger charge is 2.35. The lowest BCUT2D eigenvalue weighted by Gasteiger charge is -2.32. The number of fused-ring (bicyclic) bond motifs is 1. The fourth-order valence-electron chi connectivity index (χ4n) is 3.48. The molecule has 1 aliphatic rings. The molecule has 0 spiro atoms. The van der Waals surface area contributed by atoms with E-state index >= 15 is 0 Å². The van der Waals surface area contributed by atoms with Gasteiger partial charge in [-0.1, -0.05) is 30.3 Å². The normalized spacial score (nSPS) is 15.0. The zero-order chi connectivity index (χ0) is 22.6. The van der Waals surface area contributed by atoms with E-state index in [9.17, 15) is 14.7 Å². The Morgan fingerprint density at radius 3 is 2.52 bits per heavy atom. The van der Waals surface area contributed by atoms with Gasteiger partial charge in [-0.2, -0.15) is 5.10 Å². The van der Waals surface area contributed by atoms with E-state index in [0.29, 0.717) is 5.56 Å². The molecule has 8 nitrogen and oxygen atoms in total. The van der Waals surface area contributed by atoms with Crippen LogP contribution in [0.25, 0.3) is 11.6 Å². The van der Waals surface area contributed by atoms with Crippen LogP contribution in [0, 0.1) is 0 Å². The highest BCUT2D eigenvalue weighted by atomic mass is 16.6. The van der Waals surface area contributed by atoms with E-state index < -0.39 is 17.7 Å². The average Bonchev–Trinajstić information content (AvgIpc) is 3.07. The maximum atomic E-state index is 12.9. The van der Waals surface area contributed by atoms with Gasteiger partial charge >= 0.3 is 12.1 Å². The number of esters is 1. The largest absolute Gasteiger partial charge is 0.461 e. The van der Waals surface area contributed by atoms with E-state index in [1.807, 2.05) is 57.2 Å². The zero-order valence-electron chi connectivity index (χ0n) is 18.4. The summed E-state index contributed by atoms with van der Waals surface area (Å²) in [6.45, 7) is 7.90. The summed E-state index contributed by atoms with van der Waals surface area (Å²) < 4.78 is 12.4. The number of aliphatic hydroxyl groups is 1. The Labute approximate surface area is 182 Å². The molecule has 0 atom stereocenters. The lowest BCUT2D eigenvalue weighted by atomic mass is 9.98. The third kappa shape index (κ3) is 5.32. The molecule has 31 heavy (non-hydrogen) atoms. The van der Waals surface area contributed by atoms with Gasteiger partial charge in [-0.15, -0.1) is 0 Å². The first-order valence-electron chi connectivity index (χ1n) is 10.3. The van der Waals surface area contributed by atoms with E-state index in [2.05, 4.69) is 5.10 Å². The molecule has 166 valence electrons. The summed E-state index contributed by atoms with van der Waals surface area (Å²) >= 11 is 0. The Morgan fingerprint density at radius 1 is 1.19 bits per heavy atom. The predicted octanol–water partition coefficient (Wildman–Crippen LogP) is 3.34. The first-order chi connectivity index (χ1) is 14.7. The van der Waals surface area contributed by atoms with E-state index in [-0.39, 0.29) is 38.5 Å². The second kappa shape index (κ2) is 9.34. The van der Waals surface area contributed by atoms with Gasteiger partial charge in [-0.25, -0.2) is 9.59 Å². The predicted molar refractivity (Wildman–Crippen MR) is 116 cm³/mol. The third-order valence-electron chi connectivity index (χ3n) is 4.64. The van der Waals surface area contributed by atoms with Crippen LogP contribution in [0.3, 0.4) is 0 Å². The number of benzene rings is 1. The molecule has 1 N–H and O–H groups in total. The van der Waals surface area contributed by atoms with Crippen LogP contribution >= 0.6 is 0 Å². The van der Waals surface area contributed by atoms with Gasteiger partial charge in [0.05, 0.1) is 38.5 Å². The number of rotatable bonds is 5. The summed E-state index contributed by atoms with van der Waals surface area (Å²) in [5.74, 6) is -0.555. The minimum Gasteiger partial charge on any atom is -0.461 e. The van der Waals surface area contributed by atoms with E-state index in [4.69, 9.17) is 9.47 Å². The summed E-state index contributed by atoms with van der Waals surface area (Å²) in [5, 5.41) is 14.0. The van der Waals surface area contributed by atoms with Crippen molar-refractivity contribution in [2.75, 3.05) is 19.8 Å². The van der Waals surface area contributed by atoms with Crippen molar-refractivity contribution < 1.29 is 24.2 Å². The first kappa shape index (κ1) is 22.6. The number of nitrogens with zero attached hydrogens (tertiary/aromatic N) is 3. The second-order valence-electron chi connectivity index (χ2n) is 8.26. The van der Waals surface area contributed by atoms with Crippen LogP contribution < -0.4 is 0 Å². The molecule has 2 aromatic rings. The molecule has 1 aromatic carbocycles. The van der Waals surface area contributed by atoms with Crippen LogP contribution in [0.15, 0.2) is 30.3 Å². The van der Waals surface area contributed by atoms with Crippen molar-refractivity contribution in [1.82, 2.24) is 14.7 Å². The SMILES string of the molecule is CCOC(=O)c1nn(CCO)c2c1CN(C(=O)OC(C)(C)C)C/C2=C\c1ccccc1. The highest BCUT2D eigenvalue weighted by molar-refractivity contribution is 5.94. The Bertz CT molecular complexity index is 973. The first-order valence-corrected chi connectivity index (χ1v) is 10.3. The molecule has 0 unspecified atom stereocenters. The molecule has 1 aromatic heterocycles. The van der Waals surface area contributed by atoms with Crippen LogP contribution in [0.5, 0.6) is 0 Å². The third-order valence-corrected chi connectivity index (χ3v) is 4.64. The maximum absolute atomic E-state index is 12.9. The van der Waals surface area contributed by atoms with Crippen molar-refractivity contribution in [3.63, 3.8) is 0 Å². The molecule has 0 radical (unpaired) electrons. The number of aromatic nitrogens is 2. The van der Waals surface area contributed by atoms with Crippen LogP contribution in [-0.4, -0.2) is 57.2 Å². The Hall–Kier alpha value is -3.13. The van der Waals surface area contributed by atoms with Crippen molar-refractivity contribution in [2.45, 2.75) is 46.4 Å². The fraction of sp³-hybridized carbons (Fsp3) is 0.435. The van der Waals surface area contributed by atoms with Gasteiger partial charge in [0.1, 0.15) is 5.60 Å². The van der Waals surface area contributed by atoms with Gasteiger partial charge < -0.3 is 14.6 Å². The molecule has 0 saturated carbocycles. The number of hydrogen-bond acceptors (Lipinski definition) is 6. The van der Waals surface area contributed by atoms with Gasteiger partial charge in [-0.05, 0) is 44.9 Å². The number of amides is 1. The molecule has 0 fully saturated rings. The maximum Gasteiger partial charge on any atom is 0.410 e. The minimum atomic E-state index is -0.647. The molecule has 0 aliphatic carbocycles. The number of hydrogen-bond donors (Lipinski definition) is 1. The molecular formula is C23H29N3O5. The standard InChI is InChI=1S/C23H29N3O5/c1-5-30-21(28)19-18-15-25(22(29)31-23(2,3)4)14-17(13-16-9-7-6-8-10-16)20(18)26(24-19)11-12-27/h6-10,13,27H,5,11-12,14-15H2,1-4H3/b17-13+. The molecule has 1 amide bonds. The van der Waals surface area contributed by atoms with Crippen molar-refractivity contribution in [2.24, 2.45) is 0 Å². The molecular weight excluding hydrogens is 398 g/mol. The monoisotopic (exact) mass is 427 g/mol. The molecule has 0 bridgehead atoms. The summed E-state index contributed by atoms with van der Waals surface area (Å²) in [4.78, 5) is 27.0. The van der Waals surface area contributed by atoms with E-state index in [1.165, 1.54) is 0 Å². The summed E-state index contributed by atoms with van der Waals surface area (Å²) in [6, 6.07) is 9.69. The lowest BCUT2D eigenvalue weighted by Crippen LogP contribution is -2.40. The summed E-state index contributed by atoms with van der Waals surface area (Å²) in [7, 11) is 0. The molecule has 2 heterocycles. The van der Waals surface area contributed by atoms with Crippen LogP contribution in [-0.2, 0) is 22.6 Å². The van der Waals surface area contributed by atoms with Crippen LogP contribution in [0.4, 0.5) is 4.79 Å². The highest BCUT2D eigenvalue weighted by Crippen LogP contribution is 2.33. The van der Waals surface area contributed by atoms with Gasteiger partial charge in [0.2, 0.25) is 0 Å². The topological polar surface area (TPSA) is 93.9 Å². The van der Waals surface area contributed by atoms with E-state index in [0.717, 1.165) is 16.8 Å².